The van der Waals surface area contributed by atoms with Crippen LogP contribution in [-0.2, 0) is 23.9 Å². The van der Waals surface area contributed by atoms with Gasteiger partial charge >= 0.3 is 11.9 Å². The van der Waals surface area contributed by atoms with Gasteiger partial charge in [-0.1, -0.05) is 56.5 Å². The minimum atomic E-state index is -2.33. The average Bonchev–Trinajstić information content (AvgIpc) is 3.60. The minimum absolute atomic E-state index is 0.0171. The van der Waals surface area contributed by atoms with Gasteiger partial charge in [0, 0.05) is 29.1 Å². The molecule has 242 valence electrons. The molecule has 9 atom stereocenters. The second-order valence-electron chi connectivity index (χ2n) is 12.9. The number of ketones is 1. The topological polar surface area (TPSA) is 107 Å². The van der Waals surface area contributed by atoms with Crippen molar-refractivity contribution in [1.82, 2.24) is 0 Å². The number of aliphatic hydroxyl groups excluding tert-OH is 1. The van der Waals surface area contributed by atoms with Crippen molar-refractivity contribution in [3.05, 3.63) is 46.2 Å². The fourth-order valence-corrected chi connectivity index (χ4v) is 10.1. The van der Waals surface area contributed by atoms with Crippen LogP contribution >= 0.6 is 23.1 Å². The summed E-state index contributed by atoms with van der Waals surface area (Å²) in [6.45, 7) is 6.78. The number of fused-ring (bicyclic) bond motifs is 5. The summed E-state index contributed by atoms with van der Waals surface area (Å²) in [6.07, 6.45) is 1.15. The third kappa shape index (κ3) is 5.21. The molecule has 1 aromatic heterocycles. The van der Waals surface area contributed by atoms with E-state index in [4.69, 9.17) is 9.47 Å². The van der Waals surface area contributed by atoms with Gasteiger partial charge in [0.2, 0.25) is 5.12 Å². The maximum Gasteiger partial charge on any atom is 0.349 e. The molecule has 0 spiro atoms. The van der Waals surface area contributed by atoms with Gasteiger partial charge in [0.15, 0.2) is 23.7 Å². The van der Waals surface area contributed by atoms with E-state index >= 15 is 8.78 Å². The number of halogens is 2. The molecule has 1 heterocycles. The number of alkyl halides is 2. The largest absolute Gasteiger partial charge is 0.452 e. The first kappa shape index (κ1) is 33.6. The zero-order chi connectivity index (χ0) is 32.8. The fourth-order valence-electron chi connectivity index (χ4n) is 8.51. The summed E-state index contributed by atoms with van der Waals surface area (Å²) in [4.78, 5) is 51.9. The Morgan fingerprint density at radius 1 is 1.20 bits per heavy atom. The van der Waals surface area contributed by atoms with Crippen LogP contribution in [0.5, 0.6) is 0 Å². The molecule has 0 unspecified atom stereocenters. The second-order valence-corrected chi connectivity index (χ2v) is 14.8. The molecular formula is C34H38F2O7S2. The Morgan fingerprint density at radius 2 is 1.96 bits per heavy atom. The Kier molecular flexibility index (Phi) is 9.26. The Labute approximate surface area is 270 Å². The van der Waals surface area contributed by atoms with E-state index in [1.807, 2.05) is 6.92 Å². The molecule has 0 radical (unpaired) electrons. The summed E-state index contributed by atoms with van der Waals surface area (Å²) in [5, 5.41) is 13.0. The Hall–Kier alpha value is -2.81. The molecule has 3 saturated carbocycles. The van der Waals surface area contributed by atoms with Gasteiger partial charge in [-0.3, -0.25) is 14.4 Å². The number of thiophene rings is 1. The first-order chi connectivity index (χ1) is 21.3. The minimum Gasteiger partial charge on any atom is -0.452 e. The highest BCUT2D eigenvalue weighted by atomic mass is 32.2. The Morgan fingerprint density at radius 3 is 2.64 bits per heavy atom. The first-order valence-electron chi connectivity index (χ1n) is 15.3. The maximum absolute atomic E-state index is 17.7. The number of carbonyl (C=O) groups is 4. The summed E-state index contributed by atoms with van der Waals surface area (Å²) < 4.78 is 44.8. The Bertz CT molecular complexity index is 1490. The van der Waals surface area contributed by atoms with Crippen LogP contribution < -0.4 is 0 Å². The van der Waals surface area contributed by atoms with Crippen LogP contribution in [-0.4, -0.2) is 63.8 Å². The van der Waals surface area contributed by atoms with Crippen LogP contribution in [0.1, 0.15) is 69.5 Å². The SMILES string of the molecule is CCCC(=O)OCC#CCSC(=O)[C@@]1(OC(=O)c2cccs2)[C@H](C)C[C@H]2[C@@H]3C[C@H](F)C4=CC(=O)C=C[C@]4(C)[C@@]3(F)[C@@H](O)C[C@@]21C. The highest BCUT2D eigenvalue weighted by Crippen LogP contribution is 2.72. The number of allylic oxidation sites excluding steroid dienone is 4. The molecule has 3 fully saturated rings. The van der Waals surface area contributed by atoms with Gasteiger partial charge in [0.05, 0.1) is 11.9 Å². The first-order valence-corrected chi connectivity index (χ1v) is 17.1. The van der Waals surface area contributed by atoms with Crippen molar-refractivity contribution in [1.29, 1.82) is 0 Å². The normalized spacial score (nSPS) is 38.2. The molecule has 1 N–H and O–H groups in total. The fraction of sp³-hybridized carbons (Fsp3) is 0.588. The number of rotatable bonds is 7. The predicted molar refractivity (Wildman–Crippen MR) is 167 cm³/mol. The zero-order valence-corrected chi connectivity index (χ0v) is 27.4. The highest BCUT2D eigenvalue weighted by Gasteiger charge is 2.78. The summed E-state index contributed by atoms with van der Waals surface area (Å²) in [5.74, 6) is 1.81. The van der Waals surface area contributed by atoms with E-state index in [9.17, 15) is 24.3 Å². The lowest BCUT2D eigenvalue weighted by Crippen LogP contribution is -2.70. The quantitative estimate of drug-likeness (QED) is 0.288. The summed E-state index contributed by atoms with van der Waals surface area (Å²) >= 11 is 2.01. The van der Waals surface area contributed by atoms with Gasteiger partial charge < -0.3 is 14.6 Å². The number of thioether (sulfide) groups is 1. The standard InChI is InChI=1S/C34H38F2O7S2/c1-5-9-28(39)42-13-6-7-14-45-30(41)34(43-29(40)26-10-8-15-44-26)20(2)16-22-23-18-25(35)24-17-21(37)11-12-31(24,3)33(23,36)27(38)19-32(22,34)4/h8,10-12,15,17,20,22-23,25,27,38H,5,9,13-14,16,18-19H2,1-4H3/t20-,22+,23+,25+,27+,31+,32+,33+,34+/m1/s1. The maximum atomic E-state index is 17.7. The number of aliphatic hydroxyl groups is 1. The summed E-state index contributed by atoms with van der Waals surface area (Å²) in [5.41, 5.74) is -6.91. The molecule has 0 amide bonds. The third-order valence-electron chi connectivity index (χ3n) is 10.6. The number of carbonyl (C=O) groups excluding carboxylic acids is 4. The Balaban J connectivity index is 1.50. The molecule has 45 heavy (non-hydrogen) atoms. The van der Waals surface area contributed by atoms with Crippen molar-refractivity contribution in [3.63, 3.8) is 0 Å². The van der Waals surface area contributed by atoms with Crippen molar-refractivity contribution in [2.24, 2.45) is 28.6 Å². The lowest BCUT2D eigenvalue weighted by molar-refractivity contribution is -0.221. The van der Waals surface area contributed by atoms with E-state index in [2.05, 4.69) is 11.8 Å². The molecule has 0 aromatic carbocycles. The van der Waals surface area contributed by atoms with Crippen molar-refractivity contribution >= 4 is 45.9 Å². The molecular weight excluding hydrogens is 622 g/mol. The van der Waals surface area contributed by atoms with E-state index in [0.29, 0.717) is 6.42 Å². The van der Waals surface area contributed by atoms with Crippen molar-refractivity contribution in [2.75, 3.05) is 12.4 Å². The van der Waals surface area contributed by atoms with Gasteiger partial charge in [-0.05, 0) is 67.7 Å². The number of ether oxygens (including phenoxy) is 2. The van der Waals surface area contributed by atoms with Crippen LogP contribution in [0.25, 0.3) is 0 Å². The van der Waals surface area contributed by atoms with Gasteiger partial charge in [-0.15, -0.1) is 11.3 Å². The van der Waals surface area contributed by atoms with E-state index < -0.39 is 69.0 Å². The lowest BCUT2D eigenvalue weighted by atomic mass is 9.44. The molecule has 0 saturated heterocycles. The molecule has 5 rings (SSSR count). The number of hydrogen-bond donors (Lipinski definition) is 1. The molecule has 0 bridgehead atoms. The second kappa shape index (κ2) is 12.4. The van der Waals surface area contributed by atoms with E-state index in [1.54, 1.807) is 31.4 Å². The van der Waals surface area contributed by atoms with Gasteiger partial charge in [-0.2, -0.15) is 0 Å². The van der Waals surface area contributed by atoms with Gasteiger partial charge in [0.25, 0.3) is 0 Å². The predicted octanol–water partition coefficient (Wildman–Crippen LogP) is 5.82. The van der Waals surface area contributed by atoms with Crippen LogP contribution in [0, 0.1) is 40.4 Å². The molecule has 4 aliphatic carbocycles. The highest BCUT2D eigenvalue weighted by molar-refractivity contribution is 8.14. The van der Waals surface area contributed by atoms with Gasteiger partial charge in [0.1, 0.15) is 11.0 Å². The molecule has 7 nitrogen and oxygen atoms in total. The molecule has 11 heteroatoms. The smallest absolute Gasteiger partial charge is 0.349 e. The number of esters is 2. The van der Waals surface area contributed by atoms with Gasteiger partial charge in [-0.25, -0.2) is 13.6 Å². The van der Waals surface area contributed by atoms with Crippen molar-refractivity contribution in [2.45, 2.75) is 83.3 Å². The van der Waals surface area contributed by atoms with Crippen LogP contribution in [0.3, 0.4) is 0 Å². The summed E-state index contributed by atoms with van der Waals surface area (Å²) in [7, 11) is 0. The lowest BCUT2D eigenvalue weighted by Gasteiger charge is -2.63. The van der Waals surface area contributed by atoms with E-state index in [-0.39, 0.29) is 54.5 Å². The number of hydrogen-bond acceptors (Lipinski definition) is 9. The van der Waals surface area contributed by atoms with Crippen LogP contribution in [0.4, 0.5) is 8.78 Å². The van der Waals surface area contributed by atoms with Crippen molar-refractivity contribution in [3.8, 4) is 11.8 Å². The summed E-state index contributed by atoms with van der Waals surface area (Å²) in [6, 6.07) is 3.28. The molecule has 0 aliphatic heterocycles. The van der Waals surface area contributed by atoms with E-state index in [0.717, 1.165) is 29.2 Å². The molecule has 4 aliphatic rings. The average molecular weight is 661 g/mol. The zero-order valence-electron chi connectivity index (χ0n) is 25.8. The third-order valence-corrected chi connectivity index (χ3v) is 12.3. The molecule has 1 aromatic rings. The monoisotopic (exact) mass is 660 g/mol. The van der Waals surface area contributed by atoms with Crippen LogP contribution in [0.2, 0.25) is 0 Å². The van der Waals surface area contributed by atoms with Crippen molar-refractivity contribution < 1.29 is 42.5 Å². The van der Waals surface area contributed by atoms with Crippen LogP contribution in [0.15, 0.2) is 41.3 Å². The van der Waals surface area contributed by atoms with E-state index in [1.165, 1.54) is 19.1 Å².